The van der Waals surface area contributed by atoms with E-state index in [4.69, 9.17) is 11.6 Å². The van der Waals surface area contributed by atoms with Crippen LogP contribution in [0.1, 0.15) is 99.3 Å². The van der Waals surface area contributed by atoms with Crippen LogP contribution in [0.25, 0.3) is 0 Å². The Bertz CT molecular complexity index is 964. The fourth-order valence-corrected chi connectivity index (χ4v) is 10.1. The number of ketones is 2. The number of halogens is 1. The molecule has 0 aromatic heterocycles. The first-order valence-corrected chi connectivity index (χ1v) is 13.6. The molecule has 0 bridgehead atoms. The van der Waals surface area contributed by atoms with Gasteiger partial charge in [0.15, 0.2) is 5.78 Å². The highest BCUT2D eigenvalue weighted by Gasteiger charge is 2.69. The normalized spacial score (nSPS) is 50.9. The molecule has 3 nitrogen and oxygen atoms in total. The molecule has 0 spiro atoms. The minimum Gasteiger partial charge on any atom is -0.299 e. The van der Waals surface area contributed by atoms with E-state index in [1.165, 1.54) is 5.57 Å². The van der Waals surface area contributed by atoms with E-state index < -0.39 is 5.41 Å². The summed E-state index contributed by atoms with van der Waals surface area (Å²) in [4.78, 5) is 39.6. The molecule has 4 heteroatoms. The second-order valence-corrected chi connectivity index (χ2v) is 14.3. The molecule has 0 radical (unpaired) electrons. The van der Waals surface area contributed by atoms with Gasteiger partial charge in [0.05, 0.1) is 0 Å². The van der Waals surface area contributed by atoms with E-state index in [9.17, 15) is 14.4 Å². The first-order chi connectivity index (χ1) is 15.2. The lowest BCUT2D eigenvalue weighted by Gasteiger charge is -2.68. The fourth-order valence-electron chi connectivity index (χ4n) is 9.78. The monoisotopic (exact) mass is 472 g/mol. The molecule has 0 aromatic carbocycles. The Morgan fingerprint density at radius 3 is 2.27 bits per heavy atom. The molecule has 4 saturated carbocycles. The van der Waals surface area contributed by atoms with Crippen molar-refractivity contribution in [2.45, 2.75) is 99.3 Å². The van der Waals surface area contributed by atoms with Gasteiger partial charge in [0.25, 0.3) is 0 Å². The average molecular weight is 473 g/mol. The van der Waals surface area contributed by atoms with E-state index in [1.54, 1.807) is 0 Å². The van der Waals surface area contributed by atoms with Crippen LogP contribution in [0.5, 0.6) is 0 Å². The van der Waals surface area contributed by atoms with Crippen LogP contribution >= 0.6 is 11.6 Å². The zero-order chi connectivity index (χ0) is 24.2. The number of Topliss-reactive ketones (excluding diaryl/α,β-unsaturated/α-hetero) is 1. The van der Waals surface area contributed by atoms with Crippen molar-refractivity contribution in [2.75, 3.05) is 0 Å². The second kappa shape index (κ2) is 7.05. The van der Waals surface area contributed by atoms with Gasteiger partial charge in [-0.15, -0.1) is 0 Å². The SMILES string of the molecule is C[C@@H]1C(=O)CC[C@]2(C)C3=CC(=O)[C@@H]4[C@@H]5CC(C)(C)CC[C@]5(C(=O)Cl)CC[C@@]4(C)[C@]3(C)CC[C@@H]12. The Balaban J connectivity index is 1.65. The van der Waals surface area contributed by atoms with Gasteiger partial charge in [-0.3, -0.25) is 14.4 Å². The van der Waals surface area contributed by atoms with Crippen molar-refractivity contribution >= 4 is 28.4 Å². The number of hydrogen-bond acceptors (Lipinski definition) is 3. The molecule has 5 aliphatic carbocycles. The number of carbonyl (C=O) groups is 3. The van der Waals surface area contributed by atoms with Crippen molar-refractivity contribution in [3.8, 4) is 0 Å². The summed E-state index contributed by atoms with van der Waals surface area (Å²) >= 11 is 6.36. The van der Waals surface area contributed by atoms with Crippen LogP contribution in [0, 0.1) is 50.7 Å². The highest BCUT2D eigenvalue weighted by Crippen LogP contribution is 2.74. The van der Waals surface area contributed by atoms with Gasteiger partial charge in [-0.2, -0.15) is 0 Å². The third-order valence-electron chi connectivity index (χ3n) is 12.1. The van der Waals surface area contributed by atoms with Crippen molar-refractivity contribution in [1.29, 1.82) is 0 Å². The topological polar surface area (TPSA) is 51.2 Å². The largest absolute Gasteiger partial charge is 0.299 e. The molecule has 0 N–H and O–H groups in total. The van der Waals surface area contributed by atoms with E-state index in [2.05, 4.69) is 41.5 Å². The van der Waals surface area contributed by atoms with E-state index in [-0.39, 0.29) is 50.4 Å². The summed E-state index contributed by atoms with van der Waals surface area (Å²) in [5.41, 5.74) is 0.528. The van der Waals surface area contributed by atoms with Crippen LogP contribution in [0.3, 0.4) is 0 Å². The minimum atomic E-state index is -0.550. The van der Waals surface area contributed by atoms with Gasteiger partial charge in [-0.05, 0) is 103 Å². The van der Waals surface area contributed by atoms with Crippen molar-refractivity contribution in [3.63, 3.8) is 0 Å². The van der Waals surface area contributed by atoms with Crippen molar-refractivity contribution in [3.05, 3.63) is 11.6 Å². The summed E-state index contributed by atoms with van der Waals surface area (Å²) in [6.07, 6.45) is 9.92. The molecule has 0 aromatic rings. The smallest absolute Gasteiger partial charge is 0.228 e. The molecule has 5 rings (SSSR count). The molecule has 0 aliphatic heterocycles. The van der Waals surface area contributed by atoms with E-state index in [0.29, 0.717) is 18.1 Å². The number of carbonyl (C=O) groups excluding carboxylic acids is 3. The van der Waals surface area contributed by atoms with Crippen LogP contribution in [0.15, 0.2) is 11.6 Å². The van der Waals surface area contributed by atoms with Gasteiger partial charge in [0.2, 0.25) is 5.24 Å². The molecular formula is C29H41ClO3. The fraction of sp³-hybridized carbons (Fsp3) is 0.828. The maximum Gasteiger partial charge on any atom is 0.228 e. The maximum atomic E-state index is 14.1. The summed E-state index contributed by atoms with van der Waals surface area (Å²) < 4.78 is 0. The minimum absolute atomic E-state index is 0.0181. The van der Waals surface area contributed by atoms with E-state index in [1.807, 2.05) is 6.08 Å². The number of rotatable bonds is 1. The molecule has 0 heterocycles. The zero-order valence-corrected chi connectivity index (χ0v) is 22.1. The molecule has 0 unspecified atom stereocenters. The highest BCUT2D eigenvalue weighted by molar-refractivity contribution is 6.64. The van der Waals surface area contributed by atoms with Gasteiger partial charge < -0.3 is 0 Å². The Hall–Kier alpha value is -0.960. The Morgan fingerprint density at radius 2 is 1.61 bits per heavy atom. The van der Waals surface area contributed by atoms with Gasteiger partial charge in [-0.25, -0.2) is 0 Å². The van der Waals surface area contributed by atoms with Crippen LogP contribution in [0.2, 0.25) is 0 Å². The quantitative estimate of drug-likeness (QED) is 0.389. The van der Waals surface area contributed by atoms with Gasteiger partial charge >= 0.3 is 0 Å². The third kappa shape index (κ3) is 2.90. The summed E-state index contributed by atoms with van der Waals surface area (Å²) in [6.45, 7) is 13.8. The molecule has 5 aliphatic rings. The second-order valence-electron chi connectivity index (χ2n) is 13.9. The van der Waals surface area contributed by atoms with E-state index in [0.717, 1.165) is 51.4 Å². The van der Waals surface area contributed by atoms with Crippen LogP contribution in [0.4, 0.5) is 0 Å². The molecule has 0 amide bonds. The summed E-state index contributed by atoms with van der Waals surface area (Å²) in [6, 6.07) is 0. The predicted molar refractivity (Wildman–Crippen MR) is 131 cm³/mol. The molecule has 182 valence electrons. The summed E-state index contributed by atoms with van der Waals surface area (Å²) in [5.74, 6) is 0.879. The third-order valence-corrected chi connectivity index (χ3v) is 12.5. The standard InChI is InChI=1S/C29H41ClO3/c1-17-18-7-10-27(5)22(26(18,4)9-8-20(17)31)15-21(32)23-19-16-25(2,3)11-13-29(19,24(30)33)14-12-28(23,27)6/h15,17-19,23H,7-14,16H2,1-6H3/t17-,18-,19-,23-,26-,27+,28+,29-/m0/s1. The number of hydrogen-bond donors (Lipinski definition) is 0. The number of fused-ring (bicyclic) bond motifs is 7. The Kier molecular flexibility index (Phi) is 5.08. The van der Waals surface area contributed by atoms with Gasteiger partial charge in [-0.1, -0.05) is 47.1 Å². The van der Waals surface area contributed by atoms with Crippen molar-refractivity contribution < 1.29 is 14.4 Å². The van der Waals surface area contributed by atoms with Crippen LogP contribution in [-0.2, 0) is 14.4 Å². The lowest BCUT2D eigenvalue weighted by molar-refractivity contribution is -0.174. The number of allylic oxidation sites excluding steroid dienone is 2. The Labute approximate surface area is 204 Å². The maximum absolute atomic E-state index is 14.1. The van der Waals surface area contributed by atoms with E-state index >= 15 is 0 Å². The molecular weight excluding hydrogens is 432 g/mol. The first kappa shape index (κ1) is 23.8. The molecule has 33 heavy (non-hydrogen) atoms. The average Bonchev–Trinajstić information content (AvgIpc) is 2.72. The van der Waals surface area contributed by atoms with Crippen LogP contribution in [-0.4, -0.2) is 16.8 Å². The predicted octanol–water partition coefficient (Wildman–Crippen LogP) is 6.91. The lowest BCUT2D eigenvalue weighted by atomic mass is 9.34. The van der Waals surface area contributed by atoms with Gasteiger partial charge in [0.1, 0.15) is 5.78 Å². The zero-order valence-electron chi connectivity index (χ0n) is 21.4. The Morgan fingerprint density at radius 1 is 0.939 bits per heavy atom. The van der Waals surface area contributed by atoms with Crippen LogP contribution < -0.4 is 0 Å². The molecule has 8 atom stereocenters. The highest BCUT2D eigenvalue weighted by atomic mass is 35.5. The van der Waals surface area contributed by atoms with Gasteiger partial charge in [0, 0.05) is 23.7 Å². The molecule has 4 fully saturated rings. The summed E-state index contributed by atoms with van der Waals surface area (Å²) in [7, 11) is 0. The first-order valence-electron chi connectivity index (χ1n) is 13.2. The molecule has 0 saturated heterocycles. The lowest BCUT2D eigenvalue weighted by Crippen LogP contribution is -2.65. The summed E-state index contributed by atoms with van der Waals surface area (Å²) in [5, 5.41) is -0.215. The van der Waals surface area contributed by atoms with Crippen molar-refractivity contribution in [2.24, 2.45) is 50.7 Å². The van der Waals surface area contributed by atoms with Crippen molar-refractivity contribution in [1.82, 2.24) is 0 Å².